The molecule has 208 valence electrons. The van der Waals surface area contributed by atoms with E-state index in [9.17, 15) is 9.18 Å². The SMILES string of the molecule is CO[n+]1cc(-c2c(-n3cnnn3)ccc(Cl)c2F)cc2c1C(n1cc(-c3ccc(NC(C)=O)nc3F)cn1)CCC2. The van der Waals surface area contributed by atoms with E-state index in [2.05, 4.69) is 30.9 Å². The van der Waals surface area contributed by atoms with Crippen molar-refractivity contribution >= 4 is 23.3 Å². The number of hydrogen-bond donors (Lipinski definition) is 1. The molecule has 0 saturated heterocycles. The van der Waals surface area contributed by atoms with E-state index in [1.165, 1.54) is 37.2 Å². The molecule has 4 aromatic heterocycles. The molecule has 14 heteroatoms. The Kier molecular flexibility index (Phi) is 6.87. The molecule has 0 radical (unpaired) electrons. The van der Waals surface area contributed by atoms with Gasteiger partial charge in [0, 0.05) is 34.5 Å². The Morgan fingerprint density at radius 2 is 2.07 bits per heavy atom. The monoisotopic (exact) mass is 578 g/mol. The van der Waals surface area contributed by atoms with Crippen molar-refractivity contribution in [3.05, 3.63) is 83.3 Å². The van der Waals surface area contributed by atoms with Crippen molar-refractivity contribution in [3.63, 3.8) is 0 Å². The van der Waals surface area contributed by atoms with Gasteiger partial charge >= 0.3 is 0 Å². The van der Waals surface area contributed by atoms with Crippen molar-refractivity contribution in [3.8, 4) is 27.9 Å². The van der Waals surface area contributed by atoms with Gasteiger partial charge in [0.1, 0.15) is 25.3 Å². The number of aromatic nitrogens is 8. The minimum atomic E-state index is -0.724. The highest BCUT2D eigenvalue weighted by molar-refractivity contribution is 6.31. The van der Waals surface area contributed by atoms with Crippen molar-refractivity contribution in [2.75, 3.05) is 12.4 Å². The second-order valence-corrected chi connectivity index (χ2v) is 9.90. The first-order chi connectivity index (χ1) is 19.8. The second kappa shape index (κ2) is 10.7. The van der Waals surface area contributed by atoms with Gasteiger partial charge < -0.3 is 5.32 Å². The van der Waals surface area contributed by atoms with E-state index >= 15 is 4.39 Å². The highest BCUT2D eigenvalue weighted by atomic mass is 35.5. The van der Waals surface area contributed by atoms with Crippen molar-refractivity contribution in [1.82, 2.24) is 35.0 Å². The molecule has 0 aliphatic heterocycles. The van der Waals surface area contributed by atoms with Gasteiger partial charge in [0.25, 0.3) is 5.69 Å². The lowest BCUT2D eigenvalue weighted by atomic mass is 9.89. The molecule has 1 aliphatic rings. The van der Waals surface area contributed by atoms with Crippen LogP contribution in [0.15, 0.2) is 55.2 Å². The van der Waals surface area contributed by atoms with E-state index in [-0.39, 0.29) is 33.9 Å². The number of halogens is 3. The fourth-order valence-electron chi connectivity index (χ4n) is 5.19. The molecule has 11 nitrogen and oxygen atoms in total. The standard InChI is InChI=1S/C27H22ClF2N9O2/c1-15(40)33-23-9-6-19(27(30)34-23)18-11-32-37(12-18)22-5-3-4-16-10-17(13-39(41-2)26(16)22)24-21(38-14-31-35-36-38)8-7-20(28)25(24)29/h6-14,22H,3-5H2,1-2H3/p+1. The first kappa shape index (κ1) is 26.4. The minimum absolute atomic E-state index is 0.0349. The fraction of sp³-hybridized carbons (Fsp3) is 0.222. The third-order valence-corrected chi connectivity index (χ3v) is 7.22. The van der Waals surface area contributed by atoms with Crippen molar-refractivity contribution < 1.29 is 23.1 Å². The van der Waals surface area contributed by atoms with Crippen molar-refractivity contribution in [1.29, 1.82) is 0 Å². The third kappa shape index (κ3) is 4.88. The number of pyridine rings is 2. The smallest absolute Gasteiger partial charge is 0.261 e. The van der Waals surface area contributed by atoms with E-state index in [1.807, 2.05) is 6.07 Å². The number of fused-ring (bicyclic) bond motifs is 1. The number of rotatable bonds is 6. The Balaban J connectivity index is 1.40. The lowest BCUT2D eigenvalue weighted by Gasteiger charge is -2.23. The first-order valence-corrected chi connectivity index (χ1v) is 13.0. The number of tetrazole rings is 1. The Bertz CT molecular complexity index is 1760. The van der Waals surface area contributed by atoms with Crippen molar-refractivity contribution in [2.45, 2.75) is 32.2 Å². The average Bonchev–Trinajstić information content (AvgIpc) is 3.66. The summed E-state index contributed by atoms with van der Waals surface area (Å²) in [5.41, 5.74) is 3.74. The van der Waals surface area contributed by atoms with E-state index in [0.717, 1.165) is 30.5 Å². The molecule has 1 aromatic carbocycles. The zero-order valence-electron chi connectivity index (χ0n) is 21.9. The van der Waals surface area contributed by atoms with Gasteiger partial charge in [0.2, 0.25) is 18.1 Å². The molecule has 41 heavy (non-hydrogen) atoms. The summed E-state index contributed by atoms with van der Waals surface area (Å²) in [5.74, 6) is -1.54. The fourth-order valence-corrected chi connectivity index (χ4v) is 5.35. The molecule has 1 aliphatic carbocycles. The van der Waals surface area contributed by atoms with E-state index in [0.29, 0.717) is 16.8 Å². The zero-order chi connectivity index (χ0) is 28.7. The third-order valence-electron chi connectivity index (χ3n) is 6.93. The number of anilines is 1. The molecule has 4 heterocycles. The van der Waals surface area contributed by atoms with Gasteiger partial charge in [-0.1, -0.05) is 11.6 Å². The molecule has 6 rings (SSSR count). The molecular formula is C27H23ClF2N9O2+. The van der Waals surface area contributed by atoms with E-state index in [1.54, 1.807) is 40.1 Å². The molecule has 0 fully saturated rings. The summed E-state index contributed by atoms with van der Waals surface area (Å²) in [6.07, 6.45) is 8.69. The number of nitrogens with one attached hydrogen (secondary N) is 1. The van der Waals surface area contributed by atoms with Crippen LogP contribution >= 0.6 is 11.6 Å². The van der Waals surface area contributed by atoms with Crippen LogP contribution in [-0.2, 0) is 11.2 Å². The lowest BCUT2D eigenvalue weighted by molar-refractivity contribution is -0.891. The summed E-state index contributed by atoms with van der Waals surface area (Å²) in [6, 6.07) is 7.86. The molecule has 1 unspecified atom stereocenters. The number of benzene rings is 1. The highest BCUT2D eigenvalue weighted by Crippen LogP contribution is 2.37. The van der Waals surface area contributed by atoms with Gasteiger partial charge in [0.05, 0.1) is 28.0 Å². The number of nitrogens with zero attached hydrogens (tertiary/aromatic N) is 8. The van der Waals surface area contributed by atoms with Gasteiger partial charge in [0.15, 0.2) is 5.82 Å². The van der Waals surface area contributed by atoms with Crippen LogP contribution in [0.4, 0.5) is 14.6 Å². The maximum atomic E-state index is 15.5. The van der Waals surface area contributed by atoms with E-state index < -0.39 is 11.8 Å². The summed E-state index contributed by atoms with van der Waals surface area (Å²) in [4.78, 5) is 20.9. The number of hydrogen-bond acceptors (Lipinski definition) is 7. The summed E-state index contributed by atoms with van der Waals surface area (Å²) in [6.45, 7) is 1.33. The Labute approximate surface area is 237 Å². The Morgan fingerprint density at radius 1 is 1.22 bits per heavy atom. The van der Waals surface area contributed by atoms with Gasteiger partial charge in [-0.05, 0) is 60.0 Å². The predicted molar refractivity (Wildman–Crippen MR) is 143 cm³/mol. The number of carbonyl (C=O) groups is 1. The first-order valence-electron chi connectivity index (χ1n) is 12.7. The van der Waals surface area contributed by atoms with Gasteiger partial charge in [-0.2, -0.15) is 14.2 Å². The van der Waals surface area contributed by atoms with Gasteiger partial charge in [-0.25, -0.2) is 9.37 Å². The molecule has 5 aromatic rings. The predicted octanol–water partition coefficient (Wildman–Crippen LogP) is 3.75. The Hall–Kier alpha value is -4.78. The average molecular weight is 579 g/mol. The van der Waals surface area contributed by atoms with Crippen LogP contribution in [0.1, 0.15) is 37.1 Å². The second-order valence-electron chi connectivity index (χ2n) is 9.49. The van der Waals surface area contributed by atoms with Crippen LogP contribution in [0.5, 0.6) is 0 Å². The maximum absolute atomic E-state index is 15.5. The summed E-state index contributed by atoms with van der Waals surface area (Å²) < 4.78 is 35.0. The summed E-state index contributed by atoms with van der Waals surface area (Å²) >= 11 is 6.18. The Morgan fingerprint density at radius 3 is 2.80 bits per heavy atom. The van der Waals surface area contributed by atoms with Crippen molar-refractivity contribution in [2.24, 2.45) is 0 Å². The van der Waals surface area contributed by atoms with E-state index in [4.69, 9.17) is 16.4 Å². The summed E-state index contributed by atoms with van der Waals surface area (Å²) in [7, 11) is 1.53. The van der Waals surface area contributed by atoms with Gasteiger partial charge in [-0.3, -0.25) is 14.3 Å². The zero-order valence-corrected chi connectivity index (χ0v) is 22.7. The lowest BCUT2D eigenvalue weighted by Crippen LogP contribution is -2.48. The molecule has 0 bridgehead atoms. The van der Waals surface area contributed by atoms with Crippen LogP contribution in [0.2, 0.25) is 5.02 Å². The molecular weight excluding hydrogens is 556 g/mol. The van der Waals surface area contributed by atoms with Gasteiger partial charge in [-0.15, -0.1) is 5.10 Å². The van der Waals surface area contributed by atoms with Crippen LogP contribution in [0, 0.1) is 11.8 Å². The molecule has 1 atom stereocenters. The normalized spacial score (nSPS) is 14.5. The number of aryl methyl sites for hydroxylation is 1. The molecule has 1 amide bonds. The molecule has 0 saturated carbocycles. The molecule has 1 N–H and O–H groups in total. The molecule has 0 spiro atoms. The largest absolute Gasteiger partial charge is 0.311 e. The van der Waals surface area contributed by atoms with Crippen LogP contribution in [0.25, 0.3) is 27.9 Å². The van der Waals surface area contributed by atoms with Crippen LogP contribution in [-0.4, -0.2) is 48.0 Å². The number of amides is 1. The maximum Gasteiger partial charge on any atom is 0.261 e. The summed E-state index contributed by atoms with van der Waals surface area (Å²) in [5, 5.41) is 18.2. The number of carbonyl (C=O) groups excluding carboxylic acids is 1. The minimum Gasteiger partial charge on any atom is -0.311 e. The topological polar surface area (TPSA) is 117 Å². The quantitative estimate of drug-likeness (QED) is 0.241. The van der Waals surface area contributed by atoms with Crippen LogP contribution in [0.3, 0.4) is 0 Å². The highest BCUT2D eigenvalue weighted by Gasteiger charge is 2.35. The van der Waals surface area contributed by atoms with Crippen LogP contribution < -0.4 is 14.9 Å².